The maximum atomic E-state index is 2.56. The fourth-order valence-electron chi connectivity index (χ4n) is 5.47. The zero-order chi connectivity index (χ0) is 13.6. The molecule has 0 aromatic carbocycles. The molecule has 19 heavy (non-hydrogen) atoms. The standard InChI is InChI=1S/C18H33B/c1-18(2,3)17-10-6-9-16(17)13-11-15(12-13)19(4)14-7-5-8-14/h13-17H,5-12H2,1-4H3. The van der Waals surface area contributed by atoms with Crippen molar-refractivity contribution < 1.29 is 0 Å². The SMILES string of the molecule is CB(C1CCC1)C1CC(C2CCCC2C(C)(C)C)C1. The molecule has 3 fully saturated rings. The van der Waals surface area contributed by atoms with Crippen LogP contribution in [0.1, 0.15) is 72.1 Å². The summed E-state index contributed by atoms with van der Waals surface area (Å²) in [5.41, 5.74) is 0.547. The van der Waals surface area contributed by atoms with Crippen LogP contribution in [0.2, 0.25) is 18.5 Å². The molecule has 0 N–H and O–H groups in total. The average molecular weight is 260 g/mol. The summed E-state index contributed by atoms with van der Waals surface area (Å²) in [4.78, 5) is 0. The second-order valence-corrected chi connectivity index (χ2v) is 9.11. The first-order chi connectivity index (χ1) is 8.97. The van der Waals surface area contributed by atoms with Gasteiger partial charge in [-0.05, 0) is 36.0 Å². The van der Waals surface area contributed by atoms with Crippen LogP contribution < -0.4 is 0 Å². The summed E-state index contributed by atoms with van der Waals surface area (Å²) in [6.07, 6.45) is 12.3. The van der Waals surface area contributed by atoms with E-state index in [-0.39, 0.29) is 0 Å². The summed E-state index contributed by atoms with van der Waals surface area (Å²) < 4.78 is 0. The molecule has 0 saturated heterocycles. The molecule has 3 aliphatic carbocycles. The van der Waals surface area contributed by atoms with Gasteiger partial charge in [-0.15, -0.1) is 0 Å². The van der Waals surface area contributed by atoms with E-state index in [4.69, 9.17) is 0 Å². The van der Waals surface area contributed by atoms with Gasteiger partial charge in [0.2, 0.25) is 0 Å². The summed E-state index contributed by atoms with van der Waals surface area (Å²) in [5.74, 6) is 5.38. The van der Waals surface area contributed by atoms with Crippen molar-refractivity contribution in [2.45, 2.75) is 90.6 Å². The van der Waals surface area contributed by atoms with Gasteiger partial charge in [0.05, 0.1) is 0 Å². The Hall–Kier alpha value is 0.0649. The van der Waals surface area contributed by atoms with Gasteiger partial charge in [0.25, 0.3) is 0 Å². The van der Waals surface area contributed by atoms with Gasteiger partial charge in [-0.25, -0.2) is 0 Å². The summed E-state index contributed by atoms with van der Waals surface area (Å²) in [5, 5.41) is 0. The minimum absolute atomic E-state index is 0.547. The lowest BCUT2D eigenvalue weighted by atomic mass is 9.27. The van der Waals surface area contributed by atoms with Crippen LogP contribution in [0.3, 0.4) is 0 Å². The normalized spacial score (nSPS) is 39.8. The predicted molar refractivity (Wildman–Crippen MR) is 86.0 cm³/mol. The molecular formula is C18H33B. The van der Waals surface area contributed by atoms with Crippen LogP contribution in [0.5, 0.6) is 0 Å². The first-order valence-corrected chi connectivity index (χ1v) is 8.97. The van der Waals surface area contributed by atoms with E-state index in [1.165, 1.54) is 38.5 Å². The van der Waals surface area contributed by atoms with E-state index in [0.717, 1.165) is 36.1 Å². The van der Waals surface area contributed by atoms with Gasteiger partial charge in [0.1, 0.15) is 6.71 Å². The van der Waals surface area contributed by atoms with Crippen molar-refractivity contribution in [3.63, 3.8) is 0 Å². The lowest BCUT2D eigenvalue weighted by Gasteiger charge is -2.48. The third kappa shape index (κ3) is 2.63. The highest BCUT2D eigenvalue weighted by molar-refractivity contribution is 6.61. The molecule has 3 rings (SSSR count). The fraction of sp³-hybridized carbons (Fsp3) is 1.00. The largest absolute Gasteiger partial charge is 0.143 e. The Morgan fingerprint density at radius 2 is 1.47 bits per heavy atom. The topological polar surface area (TPSA) is 0 Å². The molecule has 3 aliphatic rings. The summed E-state index contributed by atoms with van der Waals surface area (Å²) in [6.45, 7) is 11.0. The molecule has 0 aromatic rings. The number of rotatable bonds is 3. The lowest BCUT2D eigenvalue weighted by Crippen LogP contribution is -2.40. The van der Waals surface area contributed by atoms with Crippen molar-refractivity contribution in [3.8, 4) is 0 Å². The van der Waals surface area contributed by atoms with Crippen LogP contribution >= 0.6 is 0 Å². The molecule has 2 unspecified atom stereocenters. The van der Waals surface area contributed by atoms with Gasteiger partial charge < -0.3 is 0 Å². The van der Waals surface area contributed by atoms with Gasteiger partial charge in [0, 0.05) is 0 Å². The van der Waals surface area contributed by atoms with Gasteiger partial charge in [-0.2, -0.15) is 0 Å². The summed E-state index contributed by atoms with van der Waals surface area (Å²) in [7, 11) is 0. The van der Waals surface area contributed by atoms with E-state index in [1.54, 1.807) is 12.8 Å². The lowest BCUT2D eigenvalue weighted by molar-refractivity contribution is 0.0941. The molecule has 0 nitrogen and oxygen atoms in total. The fourth-order valence-corrected chi connectivity index (χ4v) is 5.47. The van der Waals surface area contributed by atoms with Crippen molar-refractivity contribution in [2.75, 3.05) is 0 Å². The van der Waals surface area contributed by atoms with Crippen molar-refractivity contribution in [1.82, 2.24) is 0 Å². The Morgan fingerprint density at radius 1 is 0.842 bits per heavy atom. The second kappa shape index (κ2) is 5.12. The van der Waals surface area contributed by atoms with E-state index in [9.17, 15) is 0 Å². The molecule has 0 amide bonds. The Morgan fingerprint density at radius 3 is 2.00 bits per heavy atom. The first-order valence-electron chi connectivity index (χ1n) is 8.97. The zero-order valence-electron chi connectivity index (χ0n) is 13.6. The molecule has 3 saturated carbocycles. The second-order valence-electron chi connectivity index (χ2n) is 9.11. The van der Waals surface area contributed by atoms with Gasteiger partial charge in [-0.1, -0.05) is 77.8 Å². The van der Waals surface area contributed by atoms with Crippen LogP contribution in [-0.4, -0.2) is 6.71 Å². The van der Waals surface area contributed by atoms with Crippen LogP contribution in [0, 0.1) is 23.2 Å². The van der Waals surface area contributed by atoms with E-state index >= 15 is 0 Å². The first kappa shape index (κ1) is 14.0. The Labute approximate surface area is 121 Å². The molecule has 0 bridgehead atoms. The Bertz CT molecular complexity index is 306. The van der Waals surface area contributed by atoms with Crippen LogP contribution in [0.4, 0.5) is 0 Å². The maximum Gasteiger partial charge on any atom is 0.143 e. The van der Waals surface area contributed by atoms with E-state index < -0.39 is 0 Å². The molecule has 0 spiro atoms. The third-order valence-corrected chi connectivity index (χ3v) is 7.14. The summed E-state index contributed by atoms with van der Waals surface area (Å²) >= 11 is 0. The van der Waals surface area contributed by atoms with Gasteiger partial charge in [-0.3, -0.25) is 0 Å². The Kier molecular flexibility index (Phi) is 3.78. The molecule has 2 atom stereocenters. The monoisotopic (exact) mass is 260 g/mol. The van der Waals surface area contributed by atoms with Crippen molar-refractivity contribution in [1.29, 1.82) is 0 Å². The van der Waals surface area contributed by atoms with Crippen LogP contribution in [-0.2, 0) is 0 Å². The predicted octanol–water partition coefficient (Wildman–Crippen LogP) is 5.91. The maximum absolute atomic E-state index is 2.56. The quantitative estimate of drug-likeness (QED) is 0.553. The molecule has 0 heterocycles. The zero-order valence-corrected chi connectivity index (χ0v) is 13.6. The Balaban J connectivity index is 1.52. The molecular weight excluding hydrogens is 227 g/mol. The molecule has 1 heteroatoms. The smallest absolute Gasteiger partial charge is 0.0856 e. The highest BCUT2D eigenvalue weighted by atomic mass is 14.5. The minimum atomic E-state index is 0.547. The molecule has 108 valence electrons. The van der Waals surface area contributed by atoms with Crippen molar-refractivity contribution in [3.05, 3.63) is 0 Å². The van der Waals surface area contributed by atoms with E-state index in [0.29, 0.717) is 5.41 Å². The molecule has 0 aromatic heterocycles. The highest BCUT2D eigenvalue weighted by Crippen LogP contribution is 2.57. The highest BCUT2D eigenvalue weighted by Gasteiger charge is 2.47. The molecule has 0 aliphatic heterocycles. The van der Waals surface area contributed by atoms with Gasteiger partial charge >= 0.3 is 0 Å². The van der Waals surface area contributed by atoms with E-state index in [2.05, 4.69) is 27.6 Å². The number of hydrogen-bond donors (Lipinski definition) is 0. The minimum Gasteiger partial charge on any atom is -0.0856 e. The van der Waals surface area contributed by atoms with Crippen LogP contribution in [0.25, 0.3) is 0 Å². The van der Waals surface area contributed by atoms with Crippen molar-refractivity contribution >= 4 is 6.71 Å². The van der Waals surface area contributed by atoms with E-state index in [1.807, 2.05) is 0 Å². The van der Waals surface area contributed by atoms with Crippen LogP contribution in [0.15, 0.2) is 0 Å². The summed E-state index contributed by atoms with van der Waals surface area (Å²) in [6, 6.07) is 0. The molecule has 0 radical (unpaired) electrons. The average Bonchev–Trinajstić information content (AvgIpc) is 2.60. The number of hydrogen-bond acceptors (Lipinski definition) is 0. The third-order valence-electron chi connectivity index (χ3n) is 7.14. The van der Waals surface area contributed by atoms with Gasteiger partial charge in [0.15, 0.2) is 0 Å². The van der Waals surface area contributed by atoms with Crippen molar-refractivity contribution in [2.24, 2.45) is 23.2 Å².